The van der Waals surface area contributed by atoms with E-state index in [1.54, 1.807) is 0 Å². The van der Waals surface area contributed by atoms with E-state index in [1.165, 1.54) is 0 Å². The van der Waals surface area contributed by atoms with Crippen LogP contribution >= 0.6 is 27.5 Å². The largest absolute Gasteiger partial charge is 0.492 e. The molecule has 66 valence electrons. The van der Waals surface area contributed by atoms with Crippen molar-refractivity contribution < 1.29 is 4.74 Å². The number of benzene rings is 1. The van der Waals surface area contributed by atoms with Crippen molar-refractivity contribution in [1.82, 2.24) is 0 Å². The standard InChI is InChI=1S/C9H10BrClO/c10-7-8-3-1-2-4-9(8)12-6-5-11/h1-4H,5-7H2. The van der Waals surface area contributed by atoms with Gasteiger partial charge in [-0.3, -0.25) is 0 Å². The molecule has 0 saturated carbocycles. The third-order valence-corrected chi connectivity index (χ3v) is 2.21. The van der Waals surface area contributed by atoms with E-state index < -0.39 is 0 Å². The van der Waals surface area contributed by atoms with Gasteiger partial charge in [-0.1, -0.05) is 34.1 Å². The van der Waals surface area contributed by atoms with Gasteiger partial charge in [0.05, 0.1) is 5.88 Å². The number of alkyl halides is 2. The van der Waals surface area contributed by atoms with E-state index >= 15 is 0 Å². The Labute approximate surface area is 85.8 Å². The molecule has 3 heteroatoms. The van der Waals surface area contributed by atoms with E-state index in [0.717, 1.165) is 16.6 Å². The molecule has 1 nitrogen and oxygen atoms in total. The van der Waals surface area contributed by atoms with Crippen LogP contribution in [0.2, 0.25) is 0 Å². The monoisotopic (exact) mass is 248 g/mol. The Morgan fingerprint density at radius 1 is 1.33 bits per heavy atom. The van der Waals surface area contributed by atoms with E-state index in [1.807, 2.05) is 24.3 Å². The van der Waals surface area contributed by atoms with Gasteiger partial charge in [-0.15, -0.1) is 11.6 Å². The molecule has 0 atom stereocenters. The van der Waals surface area contributed by atoms with Crippen LogP contribution in [-0.4, -0.2) is 12.5 Å². The van der Waals surface area contributed by atoms with E-state index in [-0.39, 0.29) is 0 Å². The van der Waals surface area contributed by atoms with Crippen molar-refractivity contribution in [3.05, 3.63) is 29.8 Å². The summed E-state index contributed by atoms with van der Waals surface area (Å²) in [6, 6.07) is 7.92. The molecule has 0 radical (unpaired) electrons. The molecule has 0 spiro atoms. The fourth-order valence-corrected chi connectivity index (χ4v) is 1.44. The van der Waals surface area contributed by atoms with Crippen LogP contribution in [0.25, 0.3) is 0 Å². The number of ether oxygens (including phenoxy) is 1. The van der Waals surface area contributed by atoms with Crippen LogP contribution in [-0.2, 0) is 5.33 Å². The van der Waals surface area contributed by atoms with Gasteiger partial charge >= 0.3 is 0 Å². The molecule has 0 saturated heterocycles. The average Bonchev–Trinajstić information content (AvgIpc) is 2.15. The Morgan fingerprint density at radius 3 is 2.75 bits per heavy atom. The van der Waals surface area contributed by atoms with Gasteiger partial charge in [0.2, 0.25) is 0 Å². The summed E-state index contributed by atoms with van der Waals surface area (Å²) in [5.74, 6) is 1.44. The highest BCUT2D eigenvalue weighted by Crippen LogP contribution is 2.20. The van der Waals surface area contributed by atoms with Crippen molar-refractivity contribution in [2.45, 2.75) is 5.33 Å². The van der Waals surface area contributed by atoms with Gasteiger partial charge < -0.3 is 4.74 Å². The summed E-state index contributed by atoms with van der Waals surface area (Å²) in [5.41, 5.74) is 1.16. The molecule has 0 bridgehead atoms. The Morgan fingerprint density at radius 2 is 2.08 bits per heavy atom. The van der Waals surface area contributed by atoms with Crippen LogP contribution in [0.3, 0.4) is 0 Å². The molecule has 0 aromatic heterocycles. The van der Waals surface area contributed by atoms with Gasteiger partial charge in [0, 0.05) is 10.9 Å². The Balaban J connectivity index is 2.68. The van der Waals surface area contributed by atoms with Crippen LogP contribution in [0, 0.1) is 0 Å². The predicted molar refractivity (Wildman–Crippen MR) is 55.3 cm³/mol. The van der Waals surface area contributed by atoms with Crippen LogP contribution in [0.1, 0.15) is 5.56 Å². The fourth-order valence-electron chi connectivity index (χ4n) is 0.904. The zero-order valence-corrected chi connectivity index (χ0v) is 8.94. The van der Waals surface area contributed by atoms with E-state index in [9.17, 15) is 0 Å². The number of hydrogen-bond acceptors (Lipinski definition) is 1. The molecular weight excluding hydrogens is 239 g/mol. The average molecular weight is 250 g/mol. The molecule has 0 fully saturated rings. The summed E-state index contributed by atoms with van der Waals surface area (Å²) in [7, 11) is 0. The van der Waals surface area contributed by atoms with Gasteiger partial charge in [0.1, 0.15) is 12.4 Å². The summed E-state index contributed by atoms with van der Waals surface area (Å²) < 4.78 is 5.42. The first-order valence-corrected chi connectivity index (χ1v) is 5.36. The summed E-state index contributed by atoms with van der Waals surface area (Å²) in [6.45, 7) is 0.561. The molecule has 0 aliphatic carbocycles. The quantitative estimate of drug-likeness (QED) is 0.745. The van der Waals surface area contributed by atoms with Crippen LogP contribution in [0.4, 0.5) is 0 Å². The molecule has 0 heterocycles. The number of para-hydroxylation sites is 1. The van der Waals surface area contributed by atoms with Crippen molar-refractivity contribution in [3.8, 4) is 5.75 Å². The van der Waals surface area contributed by atoms with E-state index in [0.29, 0.717) is 12.5 Å². The fraction of sp³-hybridized carbons (Fsp3) is 0.333. The molecular formula is C9H10BrClO. The Bertz CT molecular complexity index is 240. The number of hydrogen-bond donors (Lipinski definition) is 0. The zero-order chi connectivity index (χ0) is 8.81. The molecule has 1 aromatic carbocycles. The van der Waals surface area contributed by atoms with Gasteiger partial charge in [0.15, 0.2) is 0 Å². The topological polar surface area (TPSA) is 9.23 Å². The second kappa shape index (κ2) is 5.44. The third-order valence-electron chi connectivity index (χ3n) is 1.45. The minimum absolute atomic E-state index is 0.524. The lowest BCUT2D eigenvalue weighted by Gasteiger charge is -2.07. The highest BCUT2D eigenvalue weighted by atomic mass is 79.9. The van der Waals surface area contributed by atoms with Gasteiger partial charge in [-0.2, -0.15) is 0 Å². The first-order valence-electron chi connectivity index (χ1n) is 3.71. The smallest absolute Gasteiger partial charge is 0.123 e. The predicted octanol–water partition coefficient (Wildman–Crippen LogP) is 3.20. The van der Waals surface area contributed by atoms with E-state index in [4.69, 9.17) is 16.3 Å². The van der Waals surface area contributed by atoms with Crippen LogP contribution in [0.5, 0.6) is 5.75 Å². The second-order valence-corrected chi connectivity index (χ2v) is 3.22. The highest BCUT2D eigenvalue weighted by Gasteiger charge is 1.99. The SMILES string of the molecule is ClCCOc1ccccc1CBr. The highest BCUT2D eigenvalue weighted by molar-refractivity contribution is 9.08. The maximum Gasteiger partial charge on any atom is 0.123 e. The van der Waals surface area contributed by atoms with Crippen molar-refractivity contribution in [2.24, 2.45) is 0 Å². The first-order chi connectivity index (χ1) is 5.88. The lowest BCUT2D eigenvalue weighted by atomic mass is 10.2. The first kappa shape index (κ1) is 9.87. The van der Waals surface area contributed by atoms with Gasteiger partial charge in [0.25, 0.3) is 0 Å². The second-order valence-electron chi connectivity index (χ2n) is 2.28. The molecule has 0 aliphatic rings. The van der Waals surface area contributed by atoms with E-state index in [2.05, 4.69) is 15.9 Å². The van der Waals surface area contributed by atoms with Crippen molar-refractivity contribution in [1.29, 1.82) is 0 Å². The molecule has 0 amide bonds. The molecule has 1 rings (SSSR count). The molecule has 0 unspecified atom stereocenters. The molecule has 0 N–H and O–H groups in total. The zero-order valence-electron chi connectivity index (χ0n) is 6.59. The lowest BCUT2D eigenvalue weighted by Crippen LogP contribution is -1.99. The summed E-state index contributed by atoms with van der Waals surface area (Å²) in [6.07, 6.45) is 0. The normalized spacial score (nSPS) is 9.83. The van der Waals surface area contributed by atoms with Crippen molar-refractivity contribution in [2.75, 3.05) is 12.5 Å². The molecule has 12 heavy (non-hydrogen) atoms. The summed E-state index contributed by atoms with van der Waals surface area (Å²) in [4.78, 5) is 0. The van der Waals surface area contributed by atoms with Gasteiger partial charge in [-0.05, 0) is 6.07 Å². The maximum absolute atomic E-state index is 5.51. The lowest BCUT2D eigenvalue weighted by molar-refractivity contribution is 0.340. The van der Waals surface area contributed by atoms with Gasteiger partial charge in [-0.25, -0.2) is 0 Å². The molecule has 1 aromatic rings. The summed E-state index contributed by atoms with van der Waals surface area (Å²) in [5, 5.41) is 0.811. The van der Waals surface area contributed by atoms with Crippen LogP contribution < -0.4 is 4.74 Å². The summed E-state index contributed by atoms with van der Waals surface area (Å²) >= 11 is 8.90. The van der Waals surface area contributed by atoms with Crippen molar-refractivity contribution >= 4 is 27.5 Å². The van der Waals surface area contributed by atoms with Crippen molar-refractivity contribution in [3.63, 3.8) is 0 Å². The molecule has 0 aliphatic heterocycles. The Kier molecular flexibility index (Phi) is 4.48. The minimum Gasteiger partial charge on any atom is -0.492 e. The Hall–Kier alpha value is -0.210. The van der Waals surface area contributed by atoms with Crippen LogP contribution in [0.15, 0.2) is 24.3 Å². The number of rotatable bonds is 4. The minimum atomic E-state index is 0.524. The maximum atomic E-state index is 5.51. The third kappa shape index (κ3) is 2.68. The number of halogens is 2.